The van der Waals surface area contributed by atoms with Crippen LogP contribution in [-0.4, -0.2) is 58.8 Å². The number of carboxylic acids is 1. The van der Waals surface area contributed by atoms with Crippen LogP contribution >= 0.6 is 0 Å². The second kappa shape index (κ2) is 14.8. The Morgan fingerprint density at radius 3 is 2.52 bits per heavy atom. The first-order chi connectivity index (χ1) is 10.4. The van der Waals surface area contributed by atoms with Gasteiger partial charge in [0.1, 0.15) is 6.04 Å². The number of rotatable bonds is 12. The summed E-state index contributed by atoms with van der Waals surface area (Å²) in [5.74, 6) is -1.15. The zero-order chi connectivity index (χ0) is 17.0. The SMILES string of the molecule is CCCC/C=C/CC([O-])=NCCN(CC(C)O)C(C)C(=O)O.[Li+]. The van der Waals surface area contributed by atoms with Crippen molar-refractivity contribution in [1.82, 2.24) is 4.90 Å². The van der Waals surface area contributed by atoms with Gasteiger partial charge in [0.25, 0.3) is 0 Å². The predicted molar refractivity (Wildman–Crippen MR) is 85.9 cm³/mol. The van der Waals surface area contributed by atoms with Crippen LogP contribution in [0.5, 0.6) is 0 Å². The third-order valence-electron chi connectivity index (χ3n) is 3.26. The standard InChI is InChI=1S/C16H30N2O4.Li/c1-4-5-6-7-8-9-15(20)17-10-11-18(12-13(2)19)14(3)16(21)22;/h7-8,13-14,19H,4-6,9-12H2,1-3H3,(H,17,20)(H,21,22);/q;+1/p-1/b8-7+;. The molecule has 0 aromatic rings. The maximum atomic E-state index is 11.6. The molecule has 0 fully saturated rings. The summed E-state index contributed by atoms with van der Waals surface area (Å²) >= 11 is 0. The van der Waals surface area contributed by atoms with Crippen LogP contribution in [0.25, 0.3) is 0 Å². The van der Waals surface area contributed by atoms with Crippen molar-refractivity contribution in [3.8, 4) is 0 Å². The van der Waals surface area contributed by atoms with Crippen molar-refractivity contribution >= 4 is 11.9 Å². The molecular formula is C16H29LiN2O4. The van der Waals surface area contributed by atoms with E-state index in [-0.39, 0.29) is 44.3 Å². The first kappa shape index (κ1) is 24.4. The summed E-state index contributed by atoms with van der Waals surface area (Å²) in [6.07, 6.45) is 6.70. The van der Waals surface area contributed by atoms with Gasteiger partial charge in [0.05, 0.1) is 12.6 Å². The van der Waals surface area contributed by atoms with E-state index in [4.69, 9.17) is 5.11 Å². The Bertz CT molecular complexity index is 373. The Balaban J connectivity index is 0. The molecule has 0 saturated heterocycles. The predicted octanol–water partition coefficient (Wildman–Crippen LogP) is -1.96. The molecule has 0 aromatic carbocycles. The topological polar surface area (TPSA) is 96.2 Å². The number of allylic oxidation sites excluding steroid dienone is 1. The Morgan fingerprint density at radius 2 is 2.00 bits per heavy atom. The smallest absolute Gasteiger partial charge is 0.862 e. The van der Waals surface area contributed by atoms with Crippen molar-refractivity contribution in [3.63, 3.8) is 0 Å². The number of aliphatic hydroxyl groups is 1. The molecule has 2 unspecified atom stereocenters. The Kier molecular flexibility index (Phi) is 15.7. The summed E-state index contributed by atoms with van der Waals surface area (Å²) in [6, 6.07) is -0.714. The molecule has 0 aliphatic heterocycles. The zero-order valence-electron chi connectivity index (χ0n) is 14.9. The normalized spacial score (nSPS) is 14.7. The van der Waals surface area contributed by atoms with Crippen LogP contribution in [0, 0.1) is 0 Å². The van der Waals surface area contributed by atoms with Crippen LogP contribution in [0.2, 0.25) is 0 Å². The van der Waals surface area contributed by atoms with Crippen molar-refractivity contribution in [2.75, 3.05) is 19.6 Å². The maximum absolute atomic E-state index is 11.6. The first-order valence-electron chi connectivity index (χ1n) is 7.88. The summed E-state index contributed by atoms with van der Waals surface area (Å²) in [7, 11) is 0. The summed E-state index contributed by atoms with van der Waals surface area (Å²) < 4.78 is 0. The number of carboxylic acid groups (broad SMARTS) is 1. The minimum Gasteiger partial charge on any atom is -0.862 e. The van der Waals surface area contributed by atoms with E-state index < -0.39 is 18.1 Å². The fourth-order valence-electron chi connectivity index (χ4n) is 1.93. The number of aliphatic carboxylic acids is 1. The monoisotopic (exact) mass is 320 g/mol. The van der Waals surface area contributed by atoms with E-state index >= 15 is 0 Å². The summed E-state index contributed by atoms with van der Waals surface area (Å²) in [6.45, 7) is 6.10. The molecular weight excluding hydrogens is 291 g/mol. The van der Waals surface area contributed by atoms with Gasteiger partial charge in [-0.3, -0.25) is 9.69 Å². The number of hydrogen-bond donors (Lipinski definition) is 2. The second-order valence-corrected chi connectivity index (χ2v) is 5.45. The molecule has 2 N–H and O–H groups in total. The number of carbonyl (C=O) groups is 1. The van der Waals surface area contributed by atoms with Gasteiger partial charge in [-0.25, -0.2) is 0 Å². The van der Waals surface area contributed by atoms with Gasteiger partial charge in [0, 0.05) is 13.1 Å². The Hall–Kier alpha value is -0.803. The van der Waals surface area contributed by atoms with E-state index in [9.17, 15) is 15.0 Å². The molecule has 23 heavy (non-hydrogen) atoms. The molecule has 0 aliphatic carbocycles. The quantitative estimate of drug-likeness (QED) is 0.143. The first-order valence-corrected chi connectivity index (χ1v) is 7.88. The zero-order valence-corrected chi connectivity index (χ0v) is 14.9. The second-order valence-electron chi connectivity index (χ2n) is 5.45. The molecule has 6 nitrogen and oxygen atoms in total. The molecule has 2 atom stereocenters. The van der Waals surface area contributed by atoms with Crippen molar-refractivity contribution in [2.45, 2.75) is 58.6 Å². The summed E-state index contributed by atoms with van der Waals surface area (Å²) in [5.41, 5.74) is 0. The van der Waals surface area contributed by atoms with E-state index in [1.165, 1.54) is 0 Å². The molecule has 0 rings (SSSR count). The number of unbranched alkanes of at least 4 members (excludes halogenated alkanes) is 2. The fourth-order valence-corrected chi connectivity index (χ4v) is 1.93. The molecule has 0 saturated carbocycles. The molecule has 0 bridgehead atoms. The van der Waals surface area contributed by atoms with Crippen LogP contribution in [0.4, 0.5) is 0 Å². The minimum atomic E-state index is -0.953. The molecule has 0 radical (unpaired) electrons. The molecule has 0 aliphatic rings. The molecule has 0 spiro atoms. The average Bonchev–Trinajstić information content (AvgIpc) is 2.44. The fraction of sp³-hybridized carbons (Fsp3) is 0.750. The molecule has 128 valence electrons. The van der Waals surface area contributed by atoms with Crippen molar-refractivity contribution in [2.24, 2.45) is 4.99 Å². The van der Waals surface area contributed by atoms with E-state index in [2.05, 4.69) is 11.9 Å². The number of aliphatic hydroxyl groups excluding tert-OH is 1. The number of hydrogen-bond acceptors (Lipinski definition) is 5. The van der Waals surface area contributed by atoms with Crippen molar-refractivity contribution in [3.05, 3.63) is 12.2 Å². The number of aliphatic imine (C=N–C) groups is 1. The van der Waals surface area contributed by atoms with Gasteiger partial charge in [-0.05, 0) is 32.6 Å². The minimum absolute atomic E-state index is 0. The van der Waals surface area contributed by atoms with E-state index in [1.54, 1.807) is 18.7 Å². The Morgan fingerprint density at radius 1 is 1.35 bits per heavy atom. The van der Waals surface area contributed by atoms with Gasteiger partial charge in [-0.2, -0.15) is 0 Å². The van der Waals surface area contributed by atoms with Gasteiger partial charge in [0.15, 0.2) is 0 Å². The average molecular weight is 320 g/mol. The van der Waals surface area contributed by atoms with Crippen LogP contribution < -0.4 is 24.0 Å². The van der Waals surface area contributed by atoms with E-state index in [1.807, 2.05) is 12.2 Å². The van der Waals surface area contributed by atoms with Gasteiger partial charge in [-0.1, -0.05) is 31.9 Å². The van der Waals surface area contributed by atoms with Gasteiger partial charge in [-0.15, -0.1) is 0 Å². The van der Waals surface area contributed by atoms with E-state index in [0.717, 1.165) is 19.3 Å². The number of nitrogens with zero attached hydrogens (tertiary/aromatic N) is 2. The van der Waals surface area contributed by atoms with Crippen LogP contribution in [0.15, 0.2) is 17.1 Å². The van der Waals surface area contributed by atoms with E-state index in [0.29, 0.717) is 6.54 Å². The van der Waals surface area contributed by atoms with Gasteiger partial charge in [0.2, 0.25) is 0 Å². The molecule has 0 heterocycles. The van der Waals surface area contributed by atoms with Gasteiger partial charge >= 0.3 is 24.8 Å². The molecule has 7 heteroatoms. The molecule has 0 aromatic heterocycles. The Labute approximate surface area is 151 Å². The van der Waals surface area contributed by atoms with Crippen molar-refractivity contribution in [1.29, 1.82) is 0 Å². The summed E-state index contributed by atoms with van der Waals surface area (Å²) in [5, 5.41) is 30.0. The van der Waals surface area contributed by atoms with Crippen molar-refractivity contribution < 1.29 is 39.0 Å². The van der Waals surface area contributed by atoms with Crippen LogP contribution in [0.3, 0.4) is 0 Å². The summed E-state index contributed by atoms with van der Waals surface area (Å²) in [4.78, 5) is 16.6. The van der Waals surface area contributed by atoms with Gasteiger partial charge < -0.3 is 20.3 Å². The molecule has 0 amide bonds. The van der Waals surface area contributed by atoms with Crippen LogP contribution in [0.1, 0.15) is 46.5 Å². The third kappa shape index (κ3) is 13.3. The largest absolute Gasteiger partial charge is 1.00 e. The van der Waals surface area contributed by atoms with Crippen LogP contribution in [-0.2, 0) is 4.79 Å². The maximum Gasteiger partial charge on any atom is 1.00 e. The third-order valence-corrected chi connectivity index (χ3v) is 3.26.